The zero-order valence-electron chi connectivity index (χ0n) is 21.2. The molecule has 0 spiro atoms. The molecule has 2 aromatic rings. The minimum atomic E-state index is -1.19. The number of alkyl carbamates (subject to hydrolysis) is 1. The van der Waals surface area contributed by atoms with Crippen LogP contribution in [-0.4, -0.2) is 46.1 Å². The van der Waals surface area contributed by atoms with E-state index in [0.717, 1.165) is 5.56 Å². The molecule has 0 aliphatic carbocycles. The van der Waals surface area contributed by atoms with Crippen molar-refractivity contribution in [3.8, 4) is 5.75 Å². The molecule has 0 aliphatic rings. The van der Waals surface area contributed by atoms with Crippen molar-refractivity contribution in [2.24, 2.45) is 0 Å². The summed E-state index contributed by atoms with van der Waals surface area (Å²) in [4.78, 5) is 40.6. The molecule has 2 unspecified atom stereocenters. The van der Waals surface area contributed by atoms with Gasteiger partial charge in [0.15, 0.2) is 0 Å². The maximum absolute atomic E-state index is 13.6. The van der Waals surface area contributed by atoms with Crippen molar-refractivity contribution in [1.29, 1.82) is 0 Å². The van der Waals surface area contributed by atoms with Crippen molar-refractivity contribution in [3.63, 3.8) is 0 Å². The van der Waals surface area contributed by atoms with E-state index in [1.54, 1.807) is 77.9 Å². The molecular formula is C26H34ClN3O5. The van der Waals surface area contributed by atoms with E-state index in [1.807, 2.05) is 0 Å². The lowest BCUT2D eigenvalue weighted by Gasteiger charge is -2.33. The van der Waals surface area contributed by atoms with Gasteiger partial charge in [0.25, 0.3) is 5.91 Å². The summed E-state index contributed by atoms with van der Waals surface area (Å²) in [5, 5.41) is 16.5. The molecule has 2 atom stereocenters. The standard InChI is InChI=1S/C26H34ClN3O5/c1-8-30(24(33)17(4)28-25(34)35-26(5,6)7)21(18-13-9-12-16(3)22(18)31)23(32)29-20-15(2)11-10-14-19(20)27/h9-14,17,21,31H,8H2,1-7H3,(H,28,34)(H,29,32). The van der Waals surface area contributed by atoms with E-state index in [9.17, 15) is 19.5 Å². The topological polar surface area (TPSA) is 108 Å². The van der Waals surface area contributed by atoms with Gasteiger partial charge in [0.05, 0.1) is 10.7 Å². The second-order valence-corrected chi connectivity index (χ2v) is 9.74. The molecule has 0 fully saturated rings. The van der Waals surface area contributed by atoms with Crippen molar-refractivity contribution in [2.75, 3.05) is 11.9 Å². The van der Waals surface area contributed by atoms with Gasteiger partial charge in [0, 0.05) is 12.1 Å². The van der Waals surface area contributed by atoms with Crippen LogP contribution in [-0.2, 0) is 14.3 Å². The molecule has 0 aliphatic heterocycles. The van der Waals surface area contributed by atoms with E-state index in [0.29, 0.717) is 16.3 Å². The Morgan fingerprint density at radius 2 is 1.69 bits per heavy atom. The van der Waals surface area contributed by atoms with E-state index < -0.39 is 35.6 Å². The van der Waals surface area contributed by atoms with Crippen LogP contribution in [0.25, 0.3) is 0 Å². The molecule has 0 bridgehead atoms. The van der Waals surface area contributed by atoms with Crippen LogP contribution < -0.4 is 10.6 Å². The number of para-hydroxylation sites is 2. The molecule has 0 radical (unpaired) electrons. The molecule has 0 heterocycles. The number of aromatic hydroxyl groups is 1. The van der Waals surface area contributed by atoms with Gasteiger partial charge in [-0.05, 0) is 65.7 Å². The SMILES string of the molecule is CCN(C(=O)C(C)NC(=O)OC(C)(C)C)C(C(=O)Nc1c(C)cccc1Cl)c1cccc(C)c1O. The van der Waals surface area contributed by atoms with Gasteiger partial charge < -0.3 is 25.4 Å². The van der Waals surface area contributed by atoms with Crippen molar-refractivity contribution >= 4 is 35.2 Å². The maximum Gasteiger partial charge on any atom is 0.408 e. The Hall–Kier alpha value is -3.26. The highest BCUT2D eigenvalue weighted by atomic mass is 35.5. The Morgan fingerprint density at radius 1 is 1.09 bits per heavy atom. The number of rotatable bonds is 7. The number of amides is 3. The first-order valence-electron chi connectivity index (χ1n) is 11.4. The Kier molecular flexibility index (Phi) is 9.15. The summed E-state index contributed by atoms with van der Waals surface area (Å²) in [6.45, 7) is 12.0. The fourth-order valence-electron chi connectivity index (χ4n) is 3.60. The largest absolute Gasteiger partial charge is 0.507 e. The van der Waals surface area contributed by atoms with Gasteiger partial charge >= 0.3 is 6.09 Å². The van der Waals surface area contributed by atoms with Gasteiger partial charge in [-0.15, -0.1) is 0 Å². The highest BCUT2D eigenvalue weighted by Gasteiger charge is 2.36. The third kappa shape index (κ3) is 7.11. The van der Waals surface area contributed by atoms with Crippen molar-refractivity contribution in [2.45, 2.75) is 66.2 Å². The lowest BCUT2D eigenvalue weighted by Crippen LogP contribution is -2.51. The molecule has 2 rings (SSSR count). The number of nitrogens with zero attached hydrogens (tertiary/aromatic N) is 1. The predicted octanol–water partition coefficient (Wildman–Crippen LogP) is 5.10. The molecule has 35 heavy (non-hydrogen) atoms. The fraction of sp³-hybridized carbons (Fsp3) is 0.423. The minimum absolute atomic E-state index is 0.0949. The van der Waals surface area contributed by atoms with Crippen molar-refractivity contribution < 1.29 is 24.2 Å². The smallest absolute Gasteiger partial charge is 0.408 e. The van der Waals surface area contributed by atoms with Gasteiger partial charge in [-0.1, -0.05) is 41.9 Å². The van der Waals surface area contributed by atoms with Crippen LogP contribution in [0, 0.1) is 13.8 Å². The summed E-state index contributed by atoms with van der Waals surface area (Å²) >= 11 is 6.31. The maximum atomic E-state index is 13.6. The van der Waals surface area contributed by atoms with E-state index >= 15 is 0 Å². The van der Waals surface area contributed by atoms with E-state index in [-0.39, 0.29) is 17.9 Å². The lowest BCUT2D eigenvalue weighted by atomic mass is 9.99. The Labute approximate surface area is 211 Å². The van der Waals surface area contributed by atoms with E-state index in [1.165, 1.54) is 11.8 Å². The third-order valence-corrected chi connectivity index (χ3v) is 5.64. The summed E-state index contributed by atoms with van der Waals surface area (Å²) in [5.41, 5.74) is 1.23. The van der Waals surface area contributed by atoms with Gasteiger partial charge in [-0.2, -0.15) is 0 Å². The number of phenolic OH excluding ortho intramolecular Hbond substituents is 1. The average molecular weight is 504 g/mol. The molecule has 0 saturated heterocycles. The fourth-order valence-corrected chi connectivity index (χ4v) is 3.86. The highest BCUT2D eigenvalue weighted by molar-refractivity contribution is 6.34. The molecule has 3 N–H and O–H groups in total. The van der Waals surface area contributed by atoms with Crippen LogP contribution in [0.2, 0.25) is 5.02 Å². The van der Waals surface area contributed by atoms with E-state index in [2.05, 4.69) is 10.6 Å². The van der Waals surface area contributed by atoms with Gasteiger partial charge in [0.2, 0.25) is 5.91 Å². The summed E-state index contributed by atoms with van der Waals surface area (Å²) in [5.74, 6) is -1.17. The molecule has 190 valence electrons. The van der Waals surface area contributed by atoms with Crippen LogP contribution in [0.5, 0.6) is 5.75 Å². The number of hydrogen-bond acceptors (Lipinski definition) is 5. The summed E-state index contributed by atoms with van der Waals surface area (Å²) in [6, 6.07) is 8.04. The van der Waals surface area contributed by atoms with Gasteiger partial charge in [-0.3, -0.25) is 9.59 Å². The number of nitrogens with one attached hydrogen (secondary N) is 2. The normalized spacial score (nSPS) is 12.9. The average Bonchev–Trinajstić information content (AvgIpc) is 2.75. The number of likely N-dealkylation sites (N-methyl/N-ethyl adjacent to an activating group) is 1. The number of ether oxygens (including phenoxy) is 1. The van der Waals surface area contributed by atoms with Gasteiger partial charge in [-0.25, -0.2) is 4.79 Å². The Balaban J connectivity index is 2.46. The molecule has 8 nitrogen and oxygen atoms in total. The molecule has 9 heteroatoms. The zero-order chi connectivity index (χ0) is 26.5. The number of aryl methyl sites for hydroxylation is 2. The first-order chi connectivity index (χ1) is 16.3. The Morgan fingerprint density at radius 3 is 2.26 bits per heavy atom. The molecule has 0 saturated carbocycles. The van der Waals surface area contributed by atoms with Crippen LogP contribution >= 0.6 is 11.6 Å². The minimum Gasteiger partial charge on any atom is -0.507 e. The number of carbonyl (C=O) groups excluding carboxylic acids is 3. The first-order valence-corrected chi connectivity index (χ1v) is 11.8. The highest BCUT2D eigenvalue weighted by Crippen LogP contribution is 2.34. The second-order valence-electron chi connectivity index (χ2n) is 9.33. The quantitative estimate of drug-likeness (QED) is 0.487. The first kappa shape index (κ1) is 28.0. The number of benzene rings is 2. The zero-order valence-corrected chi connectivity index (χ0v) is 22.0. The van der Waals surface area contributed by atoms with Crippen LogP contribution in [0.3, 0.4) is 0 Å². The summed E-state index contributed by atoms with van der Waals surface area (Å²) in [7, 11) is 0. The number of anilines is 1. The second kappa shape index (κ2) is 11.4. The number of phenols is 1. The van der Waals surface area contributed by atoms with Crippen LogP contribution in [0.15, 0.2) is 36.4 Å². The molecule has 2 aromatic carbocycles. The molecule has 0 aromatic heterocycles. The monoisotopic (exact) mass is 503 g/mol. The number of hydrogen-bond donors (Lipinski definition) is 3. The number of halogens is 1. The predicted molar refractivity (Wildman–Crippen MR) is 137 cm³/mol. The molecule has 3 amide bonds. The third-order valence-electron chi connectivity index (χ3n) is 5.32. The molecular weight excluding hydrogens is 470 g/mol. The van der Waals surface area contributed by atoms with Crippen LogP contribution in [0.1, 0.15) is 57.4 Å². The lowest BCUT2D eigenvalue weighted by molar-refractivity contribution is -0.140. The van der Waals surface area contributed by atoms with Crippen molar-refractivity contribution in [1.82, 2.24) is 10.2 Å². The van der Waals surface area contributed by atoms with Crippen LogP contribution in [0.4, 0.5) is 10.5 Å². The van der Waals surface area contributed by atoms with Gasteiger partial charge in [0.1, 0.15) is 23.4 Å². The van der Waals surface area contributed by atoms with E-state index in [4.69, 9.17) is 16.3 Å². The summed E-state index contributed by atoms with van der Waals surface area (Å²) < 4.78 is 5.25. The Bertz CT molecular complexity index is 1080. The number of carbonyl (C=O) groups is 3. The summed E-state index contributed by atoms with van der Waals surface area (Å²) in [6.07, 6.45) is -0.750. The van der Waals surface area contributed by atoms with Crippen molar-refractivity contribution in [3.05, 3.63) is 58.1 Å².